The summed E-state index contributed by atoms with van der Waals surface area (Å²) in [4.78, 5) is 0. The van der Waals surface area contributed by atoms with E-state index in [1.54, 1.807) is 6.92 Å². The predicted molar refractivity (Wildman–Crippen MR) is 56.4 cm³/mol. The molecule has 75 valence electrons. The van der Waals surface area contributed by atoms with Crippen LogP contribution < -0.4 is 5.73 Å². The largest absolute Gasteiger partial charge is 0.399 e. The fourth-order valence-corrected chi connectivity index (χ4v) is 1.91. The Morgan fingerprint density at radius 3 is 2.43 bits per heavy atom. The Kier molecular flexibility index (Phi) is 4.42. The van der Waals surface area contributed by atoms with Gasteiger partial charge in [-0.1, -0.05) is 6.08 Å². The van der Waals surface area contributed by atoms with Gasteiger partial charge >= 0.3 is 0 Å². The molecule has 0 bridgehead atoms. The van der Waals surface area contributed by atoms with Gasteiger partial charge in [-0.05, 0) is 31.9 Å². The van der Waals surface area contributed by atoms with Crippen molar-refractivity contribution in [1.29, 1.82) is 0 Å². The second-order valence-corrected chi connectivity index (χ2v) is 5.42. The summed E-state index contributed by atoms with van der Waals surface area (Å²) in [6, 6.07) is 0. The van der Waals surface area contributed by atoms with Crippen LogP contribution in [0.25, 0.3) is 0 Å². The van der Waals surface area contributed by atoms with E-state index in [1.807, 2.05) is 0 Å². The van der Waals surface area contributed by atoms with E-state index in [4.69, 9.17) is 10.3 Å². The van der Waals surface area contributed by atoms with Crippen molar-refractivity contribution in [1.82, 2.24) is 0 Å². The van der Waals surface area contributed by atoms with Crippen molar-refractivity contribution in [3.63, 3.8) is 0 Å². The Morgan fingerprint density at radius 1 is 1.57 bits per heavy atom. The van der Waals surface area contributed by atoms with Crippen LogP contribution in [0.2, 0.25) is 0 Å². The minimum Gasteiger partial charge on any atom is -0.399 e. The average Bonchev–Trinajstić information content (AvgIpc) is 1.95. The van der Waals surface area contributed by atoms with Crippen LogP contribution in [0.3, 0.4) is 0 Å². The molecule has 0 saturated heterocycles. The fourth-order valence-electron chi connectivity index (χ4n) is 1.27. The van der Waals surface area contributed by atoms with Crippen molar-refractivity contribution >= 4 is 39.7 Å². The van der Waals surface area contributed by atoms with Crippen molar-refractivity contribution < 1.29 is 13.0 Å². The van der Waals surface area contributed by atoms with Crippen LogP contribution in [-0.4, -0.2) is 47.3 Å². The SMILES string of the molecule is CC1=C(N)C=CC(C)(S(=O)(=O)O)C1.[Na]. The van der Waals surface area contributed by atoms with Gasteiger partial charge in [0, 0.05) is 35.3 Å². The Balaban J connectivity index is 0.00000169. The van der Waals surface area contributed by atoms with E-state index in [0.717, 1.165) is 5.57 Å². The molecule has 0 heterocycles. The normalized spacial score (nSPS) is 27.4. The molecule has 0 amide bonds. The number of hydrogen-bond acceptors (Lipinski definition) is 3. The predicted octanol–water partition coefficient (Wildman–Crippen LogP) is 0.445. The maximum Gasteiger partial charge on any atom is 0.274 e. The van der Waals surface area contributed by atoms with Gasteiger partial charge in [0.1, 0.15) is 4.75 Å². The van der Waals surface area contributed by atoms with Crippen LogP contribution in [-0.2, 0) is 10.1 Å². The zero-order valence-corrected chi connectivity index (χ0v) is 11.4. The van der Waals surface area contributed by atoms with Crippen LogP contribution in [0.5, 0.6) is 0 Å². The number of hydrogen-bond donors (Lipinski definition) is 2. The molecule has 0 fully saturated rings. The third-order valence-electron chi connectivity index (χ3n) is 2.31. The minimum atomic E-state index is -4.06. The molecule has 1 atom stereocenters. The van der Waals surface area contributed by atoms with Gasteiger partial charge in [-0.25, -0.2) is 0 Å². The minimum absolute atomic E-state index is 0. The molecule has 0 aromatic heterocycles. The summed E-state index contributed by atoms with van der Waals surface area (Å²) >= 11 is 0. The van der Waals surface area contributed by atoms with E-state index in [2.05, 4.69) is 0 Å². The monoisotopic (exact) mass is 226 g/mol. The Bertz CT molecular complexity index is 385. The molecule has 0 aromatic rings. The van der Waals surface area contributed by atoms with Crippen molar-refractivity contribution in [2.24, 2.45) is 5.73 Å². The zero-order valence-electron chi connectivity index (χ0n) is 8.61. The molecule has 0 aromatic carbocycles. The van der Waals surface area contributed by atoms with Crippen molar-refractivity contribution in [3.8, 4) is 0 Å². The van der Waals surface area contributed by atoms with Gasteiger partial charge in [0.25, 0.3) is 10.1 Å². The van der Waals surface area contributed by atoms with E-state index in [1.165, 1.54) is 19.1 Å². The van der Waals surface area contributed by atoms with Crippen LogP contribution in [0, 0.1) is 0 Å². The molecule has 1 radical (unpaired) electrons. The van der Waals surface area contributed by atoms with Crippen LogP contribution >= 0.6 is 0 Å². The molecule has 0 saturated carbocycles. The Labute approximate surface area is 106 Å². The van der Waals surface area contributed by atoms with Gasteiger partial charge in [0.2, 0.25) is 0 Å². The molecule has 3 N–H and O–H groups in total. The molecule has 1 aliphatic rings. The first kappa shape index (κ1) is 14.2. The average molecular weight is 226 g/mol. The number of rotatable bonds is 1. The number of nitrogens with two attached hydrogens (primary N) is 1. The van der Waals surface area contributed by atoms with Crippen molar-refractivity contribution in [3.05, 3.63) is 23.4 Å². The summed E-state index contributed by atoms with van der Waals surface area (Å²) in [5.74, 6) is 0. The summed E-state index contributed by atoms with van der Waals surface area (Å²) in [5, 5.41) is 0. The van der Waals surface area contributed by atoms with Gasteiger partial charge in [-0.3, -0.25) is 4.55 Å². The van der Waals surface area contributed by atoms with Crippen LogP contribution in [0.15, 0.2) is 23.4 Å². The van der Waals surface area contributed by atoms with E-state index < -0.39 is 14.9 Å². The number of allylic oxidation sites excluding steroid dienone is 2. The summed E-state index contributed by atoms with van der Waals surface area (Å²) in [5.41, 5.74) is 6.91. The maximum atomic E-state index is 11.0. The smallest absolute Gasteiger partial charge is 0.274 e. The van der Waals surface area contributed by atoms with E-state index >= 15 is 0 Å². The van der Waals surface area contributed by atoms with Gasteiger partial charge in [-0.2, -0.15) is 8.42 Å². The van der Waals surface area contributed by atoms with Crippen molar-refractivity contribution in [2.45, 2.75) is 25.0 Å². The third kappa shape index (κ3) is 2.61. The quantitative estimate of drug-likeness (QED) is 0.502. The van der Waals surface area contributed by atoms with E-state index in [-0.39, 0.29) is 36.0 Å². The summed E-state index contributed by atoms with van der Waals surface area (Å²) in [6.07, 6.45) is 3.19. The molecule has 1 unspecified atom stereocenters. The van der Waals surface area contributed by atoms with Crippen LogP contribution in [0.4, 0.5) is 0 Å². The third-order valence-corrected chi connectivity index (χ3v) is 3.77. The first-order valence-electron chi connectivity index (χ1n) is 3.88. The topological polar surface area (TPSA) is 80.4 Å². The second-order valence-electron chi connectivity index (χ2n) is 3.53. The molecule has 1 aliphatic carbocycles. The van der Waals surface area contributed by atoms with Gasteiger partial charge < -0.3 is 5.73 Å². The van der Waals surface area contributed by atoms with Gasteiger partial charge in [0.15, 0.2) is 0 Å². The fraction of sp³-hybridized carbons (Fsp3) is 0.500. The summed E-state index contributed by atoms with van der Waals surface area (Å²) in [6.45, 7) is 3.22. The second kappa shape index (κ2) is 4.37. The standard InChI is InChI=1S/C8H13NO3S.Na/c1-6-5-8(2,13(10,11)12)4-3-7(6)9;/h3-4H,5,9H2,1-2H3,(H,10,11,12);. The summed E-state index contributed by atoms with van der Waals surface area (Å²) in [7, 11) is -4.06. The molecular weight excluding hydrogens is 213 g/mol. The van der Waals surface area contributed by atoms with E-state index in [0.29, 0.717) is 5.70 Å². The first-order chi connectivity index (χ1) is 5.76. The summed E-state index contributed by atoms with van der Waals surface area (Å²) < 4.78 is 29.7. The van der Waals surface area contributed by atoms with Crippen molar-refractivity contribution in [2.75, 3.05) is 0 Å². The molecular formula is C8H13NNaO3S. The van der Waals surface area contributed by atoms with E-state index in [9.17, 15) is 8.42 Å². The molecule has 6 heteroatoms. The first-order valence-corrected chi connectivity index (χ1v) is 5.32. The Morgan fingerprint density at radius 2 is 2.07 bits per heavy atom. The maximum absolute atomic E-state index is 11.0. The van der Waals surface area contributed by atoms with Gasteiger partial charge in [-0.15, -0.1) is 0 Å². The molecule has 14 heavy (non-hydrogen) atoms. The Hall–Kier alpha value is 0.190. The molecule has 4 nitrogen and oxygen atoms in total. The molecule has 0 spiro atoms. The molecule has 0 aliphatic heterocycles. The molecule has 1 rings (SSSR count). The zero-order chi connectivity index (χ0) is 10.3. The van der Waals surface area contributed by atoms with Crippen LogP contribution in [0.1, 0.15) is 20.3 Å². The van der Waals surface area contributed by atoms with Gasteiger partial charge in [0.05, 0.1) is 0 Å².